The standard InChI is InChI=1S/C24H25NO3/c1-14-3-7-20-18(9-14)19(24(26)25-20)11-16-5-8-21(27-2)23(13-16)28-22-12-15-4-6-17(22)10-15/h3,5,7-9,11,13,15,17,22H,4,6,10,12H2,1-2H3,(H,25,26)/b19-11+/t15-,17+,22+/m1/s1. The molecule has 2 aromatic carbocycles. The summed E-state index contributed by atoms with van der Waals surface area (Å²) in [5.41, 5.74) is 4.59. The van der Waals surface area contributed by atoms with Gasteiger partial charge in [-0.05, 0) is 80.3 Å². The minimum absolute atomic E-state index is 0.0630. The number of anilines is 1. The second-order valence-corrected chi connectivity index (χ2v) is 8.30. The zero-order chi connectivity index (χ0) is 19.3. The van der Waals surface area contributed by atoms with Crippen LogP contribution in [-0.4, -0.2) is 19.1 Å². The van der Waals surface area contributed by atoms with Crippen molar-refractivity contribution in [1.29, 1.82) is 0 Å². The number of benzene rings is 2. The maximum absolute atomic E-state index is 12.5. The number of aryl methyl sites for hydroxylation is 1. The zero-order valence-corrected chi connectivity index (χ0v) is 16.3. The summed E-state index contributed by atoms with van der Waals surface area (Å²) in [6.07, 6.45) is 7.29. The molecule has 1 N–H and O–H groups in total. The molecule has 2 fully saturated rings. The van der Waals surface area contributed by atoms with E-state index in [1.807, 2.05) is 43.3 Å². The van der Waals surface area contributed by atoms with Gasteiger partial charge in [-0.1, -0.05) is 17.7 Å². The SMILES string of the molecule is COc1ccc(/C=C2/C(=O)Nc3ccc(C)cc32)cc1O[C@H]1C[C@@H]2CC[C@H]1C2. The van der Waals surface area contributed by atoms with Gasteiger partial charge < -0.3 is 14.8 Å². The van der Waals surface area contributed by atoms with Crippen molar-refractivity contribution in [3.8, 4) is 11.5 Å². The smallest absolute Gasteiger partial charge is 0.256 e. The molecule has 1 heterocycles. The number of amides is 1. The molecule has 1 amide bonds. The van der Waals surface area contributed by atoms with Gasteiger partial charge >= 0.3 is 0 Å². The number of carbonyl (C=O) groups excluding carboxylic acids is 1. The van der Waals surface area contributed by atoms with Gasteiger partial charge in [-0.25, -0.2) is 0 Å². The fourth-order valence-electron chi connectivity index (χ4n) is 4.98. The second kappa shape index (κ2) is 6.69. The average Bonchev–Trinajstić information content (AvgIpc) is 3.38. The highest BCUT2D eigenvalue weighted by atomic mass is 16.5. The molecule has 2 bridgehead atoms. The van der Waals surface area contributed by atoms with Crippen LogP contribution in [0, 0.1) is 18.8 Å². The number of rotatable bonds is 4. The van der Waals surface area contributed by atoms with E-state index in [0.29, 0.717) is 11.5 Å². The third kappa shape index (κ3) is 2.97. The van der Waals surface area contributed by atoms with Crippen molar-refractivity contribution in [2.45, 2.75) is 38.7 Å². The van der Waals surface area contributed by atoms with E-state index in [-0.39, 0.29) is 12.0 Å². The lowest BCUT2D eigenvalue weighted by Crippen LogP contribution is -2.23. The van der Waals surface area contributed by atoms with E-state index in [1.54, 1.807) is 7.11 Å². The molecular formula is C24H25NO3. The molecule has 0 aromatic heterocycles. The highest BCUT2D eigenvalue weighted by Crippen LogP contribution is 2.47. The van der Waals surface area contributed by atoms with Crippen LogP contribution in [0.3, 0.4) is 0 Å². The number of methoxy groups -OCH3 is 1. The first kappa shape index (κ1) is 17.4. The van der Waals surface area contributed by atoms with Gasteiger partial charge in [0.1, 0.15) is 6.10 Å². The van der Waals surface area contributed by atoms with Crippen molar-refractivity contribution in [1.82, 2.24) is 0 Å². The van der Waals surface area contributed by atoms with Crippen LogP contribution in [0.1, 0.15) is 42.4 Å². The first-order valence-corrected chi connectivity index (χ1v) is 10.1. The molecule has 0 spiro atoms. The molecule has 3 atom stereocenters. The Hall–Kier alpha value is -2.75. The average molecular weight is 375 g/mol. The summed E-state index contributed by atoms with van der Waals surface area (Å²) in [5, 5.41) is 2.95. The number of nitrogens with one attached hydrogen (secondary N) is 1. The first-order chi connectivity index (χ1) is 13.6. The highest BCUT2D eigenvalue weighted by Gasteiger charge is 2.41. The van der Waals surface area contributed by atoms with Gasteiger partial charge in [-0.15, -0.1) is 0 Å². The Morgan fingerprint density at radius 3 is 2.71 bits per heavy atom. The molecular weight excluding hydrogens is 350 g/mol. The van der Waals surface area contributed by atoms with E-state index < -0.39 is 0 Å². The van der Waals surface area contributed by atoms with Crippen LogP contribution in [0.15, 0.2) is 36.4 Å². The van der Waals surface area contributed by atoms with E-state index in [4.69, 9.17) is 9.47 Å². The minimum atomic E-state index is -0.0630. The van der Waals surface area contributed by atoms with E-state index in [0.717, 1.165) is 46.2 Å². The van der Waals surface area contributed by atoms with E-state index in [1.165, 1.54) is 19.3 Å². The van der Waals surface area contributed by atoms with Crippen LogP contribution in [0.5, 0.6) is 11.5 Å². The fraction of sp³-hybridized carbons (Fsp3) is 0.375. The molecule has 3 aliphatic rings. The minimum Gasteiger partial charge on any atom is -0.493 e. The number of carbonyl (C=O) groups is 1. The quantitative estimate of drug-likeness (QED) is 0.760. The number of hydrogen-bond acceptors (Lipinski definition) is 3. The molecule has 0 radical (unpaired) electrons. The Labute approximate surface area is 165 Å². The molecule has 2 aliphatic carbocycles. The number of ether oxygens (including phenoxy) is 2. The highest BCUT2D eigenvalue weighted by molar-refractivity contribution is 6.34. The number of hydrogen-bond donors (Lipinski definition) is 1. The van der Waals surface area contributed by atoms with Crippen LogP contribution >= 0.6 is 0 Å². The van der Waals surface area contributed by atoms with Gasteiger partial charge in [0, 0.05) is 16.8 Å². The lowest BCUT2D eigenvalue weighted by atomic mass is 9.97. The van der Waals surface area contributed by atoms with Crippen molar-refractivity contribution < 1.29 is 14.3 Å². The summed E-state index contributed by atoms with van der Waals surface area (Å²) in [5.74, 6) is 2.96. The largest absolute Gasteiger partial charge is 0.493 e. The van der Waals surface area contributed by atoms with Gasteiger partial charge in [0.05, 0.1) is 7.11 Å². The Balaban J connectivity index is 1.47. The topological polar surface area (TPSA) is 47.6 Å². The van der Waals surface area contributed by atoms with Crippen LogP contribution in [0.4, 0.5) is 5.69 Å². The fourth-order valence-corrected chi connectivity index (χ4v) is 4.98. The summed E-state index contributed by atoms with van der Waals surface area (Å²) in [6.45, 7) is 2.04. The molecule has 28 heavy (non-hydrogen) atoms. The molecule has 0 saturated heterocycles. The van der Waals surface area contributed by atoms with Gasteiger partial charge in [-0.3, -0.25) is 4.79 Å². The summed E-state index contributed by atoms with van der Waals surface area (Å²) < 4.78 is 11.9. The summed E-state index contributed by atoms with van der Waals surface area (Å²) in [6, 6.07) is 11.9. The molecule has 1 aliphatic heterocycles. The molecule has 4 nitrogen and oxygen atoms in total. The lowest BCUT2D eigenvalue weighted by Gasteiger charge is -2.24. The summed E-state index contributed by atoms with van der Waals surface area (Å²) in [4.78, 5) is 12.5. The maximum Gasteiger partial charge on any atom is 0.256 e. The monoisotopic (exact) mass is 375 g/mol. The summed E-state index contributed by atoms with van der Waals surface area (Å²) >= 11 is 0. The first-order valence-electron chi connectivity index (χ1n) is 10.1. The van der Waals surface area contributed by atoms with Crippen LogP contribution in [0.2, 0.25) is 0 Å². The normalized spacial score (nSPS) is 26.4. The van der Waals surface area contributed by atoms with Crippen LogP contribution in [-0.2, 0) is 4.79 Å². The van der Waals surface area contributed by atoms with E-state index in [2.05, 4.69) is 11.4 Å². The Bertz CT molecular complexity index is 978. The lowest BCUT2D eigenvalue weighted by molar-refractivity contribution is -0.110. The van der Waals surface area contributed by atoms with Crippen molar-refractivity contribution in [3.05, 3.63) is 53.1 Å². The van der Waals surface area contributed by atoms with Crippen molar-refractivity contribution >= 4 is 23.2 Å². The van der Waals surface area contributed by atoms with Gasteiger partial charge in [0.25, 0.3) is 5.91 Å². The maximum atomic E-state index is 12.5. The van der Waals surface area contributed by atoms with Crippen molar-refractivity contribution in [3.63, 3.8) is 0 Å². The van der Waals surface area contributed by atoms with Gasteiger partial charge in [0.15, 0.2) is 11.5 Å². The Kier molecular flexibility index (Phi) is 4.15. The van der Waals surface area contributed by atoms with Crippen molar-refractivity contribution in [2.75, 3.05) is 12.4 Å². The second-order valence-electron chi connectivity index (χ2n) is 8.30. The van der Waals surface area contributed by atoms with E-state index >= 15 is 0 Å². The number of fused-ring (bicyclic) bond motifs is 3. The molecule has 0 unspecified atom stereocenters. The van der Waals surface area contributed by atoms with Crippen LogP contribution in [0.25, 0.3) is 11.6 Å². The Morgan fingerprint density at radius 2 is 1.96 bits per heavy atom. The van der Waals surface area contributed by atoms with Gasteiger partial charge in [0.2, 0.25) is 0 Å². The van der Waals surface area contributed by atoms with Crippen LogP contribution < -0.4 is 14.8 Å². The Morgan fingerprint density at radius 1 is 1.07 bits per heavy atom. The van der Waals surface area contributed by atoms with Gasteiger partial charge in [-0.2, -0.15) is 0 Å². The molecule has 144 valence electrons. The molecule has 4 heteroatoms. The third-order valence-corrected chi connectivity index (χ3v) is 6.41. The van der Waals surface area contributed by atoms with Crippen molar-refractivity contribution in [2.24, 2.45) is 11.8 Å². The zero-order valence-electron chi connectivity index (χ0n) is 16.3. The predicted molar refractivity (Wildman–Crippen MR) is 111 cm³/mol. The summed E-state index contributed by atoms with van der Waals surface area (Å²) in [7, 11) is 1.67. The predicted octanol–water partition coefficient (Wildman–Crippen LogP) is 5.06. The molecule has 5 rings (SSSR count). The molecule has 2 saturated carbocycles. The third-order valence-electron chi connectivity index (χ3n) is 6.41. The van der Waals surface area contributed by atoms with E-state index in [9.17, 15) is 4.79 Å². The molecule has 2 aromatic rings.